The number of allylic oxidation sites excluding steroid dienone is 4. The molecule has 100 heavy (non-hydrogen) atoms. The van der Waals surface area contributed by atoms with E-state index < -0.39 is 22.2 Å². The summed E-state index contributed by atoms with van der Waals surface area (Å²) in [4.78, 5) is 37.9. The molecule has 6 aromatic carbocycles. The van der Waals surface area contributed by atoms with Crippen LogP contribution in [0.1, 0.15) is 220 Å². The first-order valence-electron chi connectivity index (χ1n) is 39.0. The minimum absolute atomic E-state index is 0.0259. The molecule has 1 unspecified atom stereocenters. The lowest BCUT2D eigenvalue weighted by atomic mass is 9.45. The third-order valence-corrected chi connectivity index (χ3v) is 38.2. The summed E-state index contributed by atoms with van der Waals surface area (Å²) >= 11 is 0. The molecule has 1 N–H and O–H groups in total. The van der Waals surface area contributed by atoms with E-state index in [9.17, 15) is 19.5 Å². The van der Waals surface area contributed by atoms with Crippen molar-refractivity contribution < 1.29 is 28.3 Å². The highest BCUT2D eigenvalue weighted by molar-refractivity contribution is 7.00. The van der Waals surface area contributed by atoms with E-state index in [0.29, 0.717) is 55.0 Å². The Hall–Kier alpha value is -6.14. The minimum Gasteiger partial charge on any atom is -0.403 e. The molecular formula is C92H116O6Si2. The van der Waals surface area contributed by atoms with E-state index in [4.69, 9.17) is 8.85 Å². The fourth-order valence-corrected chi connectivity index (χ4v) is 32.4. The number of ketones is 3. The number of rotatable bonds is 19. The summed E-state index contributed by atoms with van der Waals surface area (Å²) in [5.41, 5.74) is 8.93. The van der Waals surface area contributed by atoms with Crippen LogP contribution < -0.4 is 20.7 Å². The molecule has 8 aliphatic carbocycles. The van der Waals surface area contributed by atoms with E-state index in [1.165, 1.54) is 99.1 Å². The molecule has 0 bridgehead atoms. The van der Waals surface area contributed by atoms with Gasteiger partial charge in [-0.05, 0) is 259 Å². The number of hydrogen-bond donors (Lipinski definition) is 1. The smallest absolute Gasteiger partial charge is 0.261 e. The Morgan fingerprint density at radius 2 is 0.860 bits per heavy atom. The molecule has 0 aliphatic heterocycles. The fraction of sp³-hybridized carbons (Fsp3) is 0.511. The number of fused-ring (bicyclic) bond motifs is 10. The molecule has 11 atom stereocenters. The van der Waals surface area contributed by atoms with Gasteiger partial charge in [-0.15, -0.1) is 0 Å². The lowest BCUT2D eigenvalue weighted by Gasteiger charge is -2.60. The second kappa shape index (κ2) is 28.8. The van der Waals surface area contributed by atoms with E-state index in [0.717, 1.165) is 101 Å². The lowest BCUT2D eigenvalue weighted by molar-refractivity contribution is -0.166. The van der Waals surface area contributed by atoms with Crippen molar-refractivity contribution in [2.24, 2.45) is 57.2 Å². The Balaban J connectivity index is 0.000000179. The van der Waals surface area contributed by atoms with Gasteiger partial charge in [-0.3, -0.25) is 14.4 Å². The van der Waals surface area contributed by atoms with E-state index in [1.54, 1.807) is 12.5 Å². The highest BCUT2D eigenvalue weighted by Gasteiger charge is 2.67. The minimum atomic E-state index is -2.62. The van der Waals surface area contributed by atoms with Crippen LogP contribution in [0.25, 0.3) is 0 Å². The van der Waals surface area contributed by atoms with Crippen LogP contribution in [0.4, 0.5) is 0 Å². The van der Waals surface area contributed by atoms with Crippen LogP contribution in [0.2, 0.25) is 10.1 Å². The van der Waals surface area contributed by atoms with Gasteiger partial charge in [0.05, 0.1) is 13.2 Å². The van der Waals surface area contributed by atoms with Gasteiger partial charge in [0.15, 0.2) is 17.3 Å². The van der Waals surface area contributed by atoms with Crippen molar-refractivity contribution in [3.8, 4) is 0 Å². The molecule has 6 nitrogen and oxygen atoms in total. The molecule has 8 aliphatic rings. The zero-order valence-corrected chi connectivity index (χ0v) is 64.3. The summed E-state index contributed by atoms with van der Waals surface area (Å²) in [5, 5.41) is 17.3. The van der Waals surface area contributed by atoms with Gasteiger partial charge in [-0.2, -0.15) is 0 Å². The predicted molar refractivity (Wildman–Crippen MR) is 415 cm³/mol. The van der Waals surface area contributed by atoms with Crippen LogP contribution >= 0.6 is 0 Å². The van der Waals surface area contributed by atoms with Crippen molar-refractivity contribution in [1.82, 2.24) is 0 Å². The third-order valence-electron chi connectivity index (χ3n) is 28.2. The van der Waals surface area contributed by atoms with E-state index >= 15 is 0 Å². The standard InChI is InChI=1S/C46H58O4Si.C46H58O2Si/c1-33(47)46(49)30-26-42-40-23-22-36-31-37(48)24-28-44(36,5)41(40)25-29-45(42,46)27-12-13-34-18-20-35(21-19-34)32-50-51(43(2,3)4,38-14-8-6-9-15-38)39-16-10-7-11-17-39;1-6-36-24-26-43-41-25-23-37-32-38(47)27-30-45(37,5)42(41)28-31-46(36,43)29-13-14-34-19-21-35(22-20-34)33-48-49(44(2,3)4,39-15-9-7-10-16-39)40-17-11-8-12-18-40/h6-11,14-21,31,40-42,49H,12-13,22-30,32H2,1-5H3;6-12,15-22,32,41-43H,13-14,23-31,33H2,1-5H3/b;36-6+/t40-,41-,42+,44-,45+,46?;41-,42-,43+,45-,46-/m11/s1. The van der Waals surface area contributed by atoms with E-state index in [-0.39, 0.29) is 37.9 Å². The van der Waals surface area contributed by atoms with Crippen LogP contribution in [0.5, 0.6) is 0 Å². The number of Topliss-reactive ketones (excluding diaryl/α,β-unsaturated/α-hetero) is 1. The second-order valence-electron chi connectivity index (χ2n) is 34.9. The average molecular weight is 1370 g/mol. The molecule has 528 valence electrons. The molecule has 0 heterocycles. The van der Waals surface area contributed by atoms with Crippen LogP contribution in [0.15, 0.2) is 205 Å². The Bertz CT molecular complexity index is 3880. The van der Waals surface area contributed by atoms with Crippen LogP contribution in [0.3, 0.4) is 0 Å². The Labute approximate surface area is 603 Å². The first-order chi connectivity index (χ1) is 47.9. The van der Waals surface area contributed by atoms with Crippen molar-refractivity contribution >= 4 is 54.7 Å². The largest absolute Gasteiger partial charge is 0.403 e. The monoisotopic (exact) mass is 1370 g/mol. The first-order valence-corrected chi connectivity index (χ1v) is 42.8. The second-order valence-corrected chi connectivity index (χ2v) is 43.5. The zero-order chi connectivity index (χ0) is 70.4. The van der Waals surface area contributed by atoms with E-state index in [2.05, 4.69) is 244 Å². The molecule has 0 amide bonds. The van der Waals surface area contributed by atoms with Crippen LogP contribution in [0, 0.1) is 57.2 Å². The van der Waals surface area contributed by atoms with Gasteiger partial charge in [0.2, 0.25) is 0 Å². The summed E-state index contributed by atoms with van der Waals surface area (Å²) in [5.74, 6) is 4.42. The number of carbonyl (C=O) groups excluding carboxylic acids is 3. The van der Waals surface area contributed by atoms with Gasteiger partial charge in [0, 0.05) is 18.3 Å². The van der Waals surface area contributed by atoms with Crippen molar-refractivity contribution in [3.63, 3.8) is 0 Å². The van der Waals surface area contributed by atoms with Gasteiger partial charge in [-0.1, -0.05) is 248 Å². The van der Waals surface area contributed by atoms with Gasteiger partial charge in [0.1, 0.15) is 5.60 Å². The van der Waals surface area contributed by atoms with Crippen molar-refractivity contribution in [2.45, 2.75) is 239 Å². The maximum absolute atomic E-state index is 13.3. The van der Waals surface area contributed by atoms with Crippen molar-refractivity contribution in [2.75, 3.05) is 0 Å². The predicted octanol–water partition coefficient (Wildman–Crippen LogP) is 19.5. The maximum atomic E-state index is 13.3. The molecule has 6 aromatic rings. The summed E-state index contributed by atoms with van der Waals surface area (Å²) in [6, 6.07) is 61.9. The molecule has 0 saturated heterocycles. The first kappa shape index (κ1) is 72.2. The number of hydrogen-bond acceptors (Lipinski definition) is 6. The molecule has 6 fully saturated rings. The lowest BCUT2D eigenvalue weighted by Crippen LogP contribution is -2.66. The van der Waals surface area contributed by atoms with Gasteiger partial charge in [0.25, 0.3) is 16.6 Å². The Kier molecular flexibility index (Phi) is 20.8. The topological polar surface area (TPSA) is 89.9 Å². The average Bonchev–Trinajstić information content (AvgIpc) is 1.49. The summed E-state index contributed by atoms with van der Waals surface area (Å²) < 4.78 is 14.4. The molecular weight excluding hydrogens is 1260 g/mol. The van der Waals surface area contributed by atoms with Gasteiger partial charge >= 0.3 is 0 Å². The molecule has 0 radical (unpaired) electrons. The normalized spacial score (nSPS) is 29.9. The van der Waals surface area contributed by atoms with Gasteiger partial charge < -0.3 is 14.0 Å². The Morgan fingerprint density at radius 1 is 0.470 bits per heavy atom. The molecule has 8 heteroatoms. The number of aryl methyl sites for hydroxylation is 2. The van der Waals surface area contributed by atoms with Crippen molar-refractivity contribution in [3.05, 3.63) is 227 Å². The summed E-state index contributed by atoms with van der Waals surface area (Å²) in [6.07, 6.45) is 29.8. The number of carbonyl (C=O) groups is 3. The summed E-state index contributed by atoms with van der Waals surface area (Å²) in [6.45, 7) is 24.0. The highest BCUT2D eigenvalue weighted by atomic mass is 28.4. The van der Waals surface area contributed by atoms with E-state index in [1.807, 2.05) is 6.08 Å². The van der Waals surface area contributed by atoms with Crippen LogP contribution in [-0.2, 0) is 49.3 Å². The SMILES string of the molecule is C/C=C1\CC[C@H]2[C@@H]3CCC4=CC(=O)CC[C@@]4(C)[C@@H]3CC[C@]12CCCc1ccc(CO[Si](c2ccccc2)(c2ccccc2)C(C)(C)C)cc1.CC(=O)C1(O)CC[C@H]2[C@@H]3CCC4=CC(=O)CC[C@@]4(C)[C@@H]3CC[C@@]21CCCc1ccc(CO[Si](c2ccccc2)(c2ccccc2)C(C)(C)C)cc1. The zero-order valence-electron chi connectivity index (χ0n) is 62.3. The third kappa shape index (κ3) is 13.0. The molecule has 0 spiro atoms. The summed E-state index contributed by atoms with van der Waals surface area (Å²) in [7, 11) is -5.18. The molecule has 0 aromatic heterocycles. The molecule has 6 saturated carbocycles. The van der Waals surface area contributed by atoms with Crippen molar-refractivity contribution in [1.29, 1.82) is 0 Å². The van der Waals surface area contributed by atoms with Gasteiger partial charge in [-0.25, -0.2) is 0 Å². The maximum Gasteiger partial charge on any atom is 0.261 e. The fourth-order valence-electron chi connectivity index (χ4n) is 23.3. The Morgan fingerprint density at radius 3 is 1.27 bits per heavy atom. The highest BCUT2D eigenvalue weighted by Crippen LogP contribution is 2.70. The quantitative estimate of drug-likeness (QED) is 0.0642. The number of aliphatic hydroxyl groups is 1. The van der Waals surface area contributed by atoms with Crippen LogP contribution in [-0.4, -0.2) is 44.7 Å². The molecule has 14 rings (SSSR count). The number of benzene rings is 6.